The maximum absolute atomic E-state index is 13.5. The van der Waals surface area contributed by atoms with Crippen LogP contribution < -0.4 is 16.6 Å². The van der Waals surface area contributed by atoms with Crippen LogP contribution in [-0.4, -0.2) is 23.0 Å². The Morgan fingerprint density at radius 1 is 1.58 bits per heavy atom. The van der Waals surface area contributed by atoms with Crippen LogP contribution in [0.3, 0.4) is 0 Å². The van der Waals surface area contributed by atoms with E-state index in [2.05, 4.69) is 17.7 Å². The van der Waals surface area contributed by atoms with Crippen molar-refractivity contribution in [3.05, 3.63) is 29.6 Å². The van der Waals surface area contributed by atoms with Gasteiger partial charge in [-0.15, -0.1) is 0 Å². The first kappa shape index (κ1) is 14.1. The largest absolute Gasteiger partial charge is 0.351 e. The highest BCUT2D eigenvalue weighted by atomic mass is 32.2. The summed E-state index contributed by atoms with van der Waals surface area (Å²) in [5.41, 5.74) is 2.50. The average molecular weight is 283 g/mol. The van der Waals surface area contributed by atoms with Crippen molar-refractivity contribution in [2.24, 2.45) is 5.84 Å². The zero-order chi connectivity index (χ0) is 13.9. The number of carbonyl (C=O) groups excluding carboxylic acids is 1. The Kier molecular flexibility index (Phi) is 4.31. The van der Waals surface area contributed by atoms with E-state index in [9.17, 15) is 9.18 Å². The molecule has 1 aromatic rings. The average Bonchev–Trinajstić information content (AvgIpc) is 2.83. The van der Waals surface area contributed by atoms with Gasteiger partial charge in [0.2, 0.25) is 0 Å². The van der Waals surface area contributed by atoms with E-state index < -0.39 is 5.82 Å². The van der Waals surface area contributed by atoms with Crippen LogP contribution in [0.1, 0.15) is 30.1 Å². The second-order valence-corrected chi connectivity index (χ2v) is 6.57. The van der Waals surface area contributed by atoms with Crippen molar-refractivity contribution < 1.29 is 9.18 Å². The Balaban J connectivity index is 2.06. The number of para-hydroxylation sites is 1. The zero-order valence-corrected chi connectivity index (χ0v) is 11.6. The molecule has 1 aromatic carbocycles. The normalized spacial score (nSPS) is 22.3. The first-order chi connectivity index (χ1) is 9.06. The third-order valence-electron chi connectivity index (χ3n) is 3.33. The predicted molar refractivity (Wildman–Crippen MR) is 76.6 cm³/mol. The van der Waals surface area contributed by atoms with Crippen LogP contribution in [-0.2, 0) is 0 Å². The van der Waals surface area contributed by atoms with Crippen molar-refractivity contribution >= 4 is 23.4 Å². The van der Waals surface area contributed by atoms with Crippen molar-refractivity contribution in [1.29, 1.82) is 0 Å². The summed E-state index contributed by atoms with van der Waals surface area (Å²) in [4.78, 5) is 12.1. The standard InChI is InChI=1S/C13H18FN3OS/c1-13(6-3-7-19-13)8-16-12(18)9-4-2-5-10(14)11(9)17-15/h2,4-5,17H,3,6-8,15H2,1H3,(H,16,18). The molecule has 19 heavy (non-hydrogen) atoms. The molecule has 4 N–H and O–H groups in total. The highest BCUT2D eigenvalue weighted by molar-refractivity contribution is 8.00. The third kappa shape index (κ3) is 3.19. The van der Waals surface area contributed by atoms with Crippen molar-refractivity contribution in [2.45, 2.75) is 24.5 Å². The monoisotopic (exact) mass is 283 g/mol. The summed E-state index contributed by atoms with van der Waals surface area (Å²) in [7, 11) is 0. The summed E-state index contributed by atoms with van der Waals surface area (Å²) in [5.74, 6) is 5.55. The summed E-state index contributed by atoms with van der Waals surface area (Å²) in [6, 6.07) is 4.31. The molecule has 1 saturated heterocycles. The summed E-state index contributed by atoms with van der Waals surface area (Å²) in [6.07, 6.45) is 2.26. The number of carbonyl (C=O) groups is 1. The van der Waals surface area contributed by atoms with E-state index in [-0.39, 0.29) is 21.9 Å². The van der Waals surface area contributed by atoms with Crippen LogP contribution in [0.2, 0.25) is 0 Å². The van der Waals surface area contributed by atoms with Gasteiger partial charge in [-0.3, -0.25) is 10.6 Å². The highest BCUT2D eigenvalue weighted by Gasteiger charge is 2.30. The molecule has 1 heterocycles. The lowest BCUT2D eigenvalue weighted by atomic mass is 10.1. The minimum absolute atomic E-state index is 0.0317. The van der Waals surface area contributed by atoms with Gasteiger partial charge in [-0.25, -0.2) is 4.39 Å². The number of thioether (sulfide) groups is 1. The predicted octanol–water partition coefficient (Wildman–Crippen LogP) is 2.13. The maximum atomic E-state index is 13.5. The molecule has 1 amide bonds. The Morgan fingerprint density at radius 2 is 2.37 bits per heavy atom. The van der Waals surface area contributed by atoms with E-state index in [1.807, 2.05) is 11.8 Å². The summed E-state index contributed by atoms with van der Waals surface area (Å²) < 4.78 is 13.6. The van der Waals surface area contributed by atoms with Crippen molar-refractivity contribution in [3.63, 3.8) is 0 Å². The molecule has 1 unspecified atom stereocenters. The molecule has 4 nitrogen and oxygen atoms in total. The van der Waals surface area contributed by atoms with Crippen molar-refractivity contribution in [2.75, 3.05) is 17.7 Å². The smallest absolute Gasteiger partial charge is 0.253 e. The molecule has 104 valence electrons. The van der Waals surface area contributed by atoms with Gasteiger partial charge in [0, 0.05) is 11.3 Å². The first-order valence-corrected chi connectivity index (χ1v) is 7.21. The van der Waals surface area contributed by atoms with Crippen LogP contribution in [0.15, 0.2) is 18.2 Å². The summed E-state index contributed by atoms with van der Waals surface area (Å²) >= 11 is 1.87. The molecule has 1 atom stereocenters. The van der Waals surface area contributed by atoms with Gasteiger partial charge in [0.15, 0.2) is 0 Å². The molecule has 0 spiro atoms. The van der Waals surface area contributed by atoms with Crippen molar-refractivity contribution in [3.8, 4) is 0 Å². The zero-order valence-electron chi connectivity index (χ0n) is 10.8. The SMILES string of the molecule is CC1(CNC(=O)c2cccc(F)c2NN)CCCS1. The fourth-order valence-electron chi connectivity index (χ4n) is 2.20. The van der Waals surface area contributed by atoms with E-state index in [4.69, 9.17) is 5.84 Å². The summed E-state index contributed by atoms with van der Waals surface area (Å²) in [6.45, 7) is 2.72. The Labute approximate surface area is 116 Å². The summed E-state index contributed by atoms with van der Waals surface area (Å²) in [5, 5.41) is 2.86. The van der Waals surface area contributed by atoms with Gasteiger partial charge in [-0.1, -0.05) is 6.07 Å². The van der Waals surface area contributed by atoms with Gasteiger partial charge in [0.05, 0.1) is 11.3 Å². The van der Waals surface area contributed by atoms with Gasteiger partial charge >= 0.3 is 0 Å². The number of hydrogen-bond donors (Lipinski definition) is 3. The van der Waals surface area contributed by atoms with E-state index in [0.29, 0.717) is 6.54 Å². The van der Waals surface area contributed by atoms with Crippen LogP contribution in [0.25, 0.3) is 0 Å². The quantitative estimate of drug-likeness (QED) is 0.585. The van der Waals surface area contributed by atoms with Gasteiger partial charge in [0.1, 0.15) is 5.82 Å². The van der Waals surface area contributed by atoms with E-state index in [1.54, 1.807) is 6.07 Å². The van der Waals surface area contributed by atoms with Gasteiger partial charge in [-0.05, 0) is 37.7 Å². The third-order valence-corrected chi connectivity index (χ3v) is 4.86. The first-order valence-electron chi connectivity index (χ1n) is 6.23. The number of amides is 1. The second-order valence-electron chi connectivity index (χ2n) is 4.89. The van der Waals surface area contributed by atoms with Gasteiger partial charge in [-0.2, -0.15) is 11.8 Å². The van der Waals surface area contributed by atoms with Crippen LogP contribution in [0.4, 0.5) is 10.1 Å². The molecule has 1 fully saturated rings. The molecular formula is C13H18FN3OS. The molecule has 0 saturated carbocycles. The number of hydrogen-bond acceptors (Lipinski definition) is 4. The minimum atomic E-state index is -0.531. The van der Waals surface area contributed by atoms with Crippen molar-refractivity contribution in [1.82, 2.24) is 5.32 Å². The molecule has 2 rings (SSSR count). The number of anilines is 1. The second kappa shape index (κ2) is 5.79. The lowest BCUT2D eigenvalue weighted by Crippen LogP contribution is -2.37. The number of benzene rings is 1. The Morgan fingerprint density at radius 3 is 3.00 bits per heavy atom. The highest BCUT2D eigenvalue weighted by Crippen LogP contribution is 2.37. The molecule has 0 aliphatic carbocycles. The van der Waals surface area contributed by atoms with E-state index in [0.717, 1.165) is 12.2 Å². The lowest BCUT2D eigenvalue weighted by Gasteiger charge is -2.23. The lowest BCUT2D eigenvalue weighted by molar-refractivity contribution is 0.0950. The fraction of sp³-hybridized carbons (Fsp3) is 0.462. The Bertz CT molecular complexity index is 475. The van der Waals surface area contributed by atoms with Crippen LogP contribution in [0, 0.1) is 5.82 Å². The molecule has 6 heteroatoms. The van der Waals surface area contributed by atoms with E-state index >= 15 is 0 Å². The number of nitrogen functional groups attached to an aromatic ring is 1. The Hall–Kier alpha value is -1.27. The molecule has 1 aliphatic heterocycles. The minimum Gasteiger partial charge on any atom is -0.351 e. The number of nitrogens with two attached hydrogens (primary N) is 1. The number of hydrazine groups is 1. The van der Waals surface area contributed by atoms with E-state index in [1.165, 1.54) is 18.6 Å². The molecule has 0 aromatic heterocycles. The van der Waals surface area contributed by atoms with Gasteiger partial charge in [0.25, 0.3) is 5.91 Å². The van der Waals surface area contributed by atoms with Crippen LogP contribution >= 0.6 is 11.8 Å². The maximum Gasteiger partial charge on any atom is 0.253 e. The molecule has 0 bridgehead atoms. The number of rotatable bonds is 4. The van der Waals surface area contributed by atoms with Gasteiger partial charge < -0.3 is 10.7 Å². The van der Waals surface area contributed by atoms with Crippen LogP contribution in [0.5, 0.6) is 0 Å². The molecule has 0 radical (unpaired) electrons. The molecular weight excluding hydrogens is 265 g/mol. The topological polar surface area (TPSA) is 67.2 Å². The number of nitrogens with one attached hydrogen (secondary N) is 2. The number of halogens is 1. The molecule has 1 aliphatic rings. The fourth-order valence-corrected chi connectivity index (χ4v) is 3.44.